The number of methoxy groups -OCH3 is 2. The summed E-state index contributed by atoms with van der Waals surface area (Å²) in [5.41, 5.74) is 0.617. The lowest BCUT2D eigenvalue weighted by molar-refractivity contribution is -0.138. The smallest absolute Gasteiger partial charge is 0.377 e. The minimum Gasteiger partial charge on any atom is -0.500 e. The zero-order chi connectivity index (χ0) is 15.8. The highest BCUT2D eigenvalue weighted by molar-refractivity contribution is 7.97. The average Bonchev–Trinajstić information content (AvgIpc) is 2.46. The van der Waals surface area contributed by atoms with Gasteiger partial charge in [0.05, 0.1) is 14.2 Å². The number of hydrogen-bond donors (Lipinski definition) is 1. The topological polar surface area (TPSA) is 82.1 Å². The Bertz CT molecular complexity index is 552. The maximum absolute atomic E-state index is 11.6. The van der Waals surface area contributed by atoms with E-state index in [0.717, 1.165) is 6.26 Å². The fourth-order valence-electron chi connectivity index (χ4n) is 1.62. The molecule has 0 spiro atoms. The minimum atomic E-state index is -1.13. The summed E-state index contributed by atoms with van der Waals surface area (Å²) < 4.78 is 14.6. The van der Waals surface area contributed by atoms with Crippen molar-refractivity contribution in [2.45, 2.75) is 5.75 Å². The summed E-state index contributed by atoms with van der Waals surface area (Å²) in [7, 11) is 2.53. The molecule has 0 unspecified atom stereocenters. The Kier molecular flexibility index (Phi) is 6.61. The van der Waals surface area contributed by atoms with Gasteiger partial charge in [-0.05, 0) is 17.9 Å². The number of ether oxygens (including phenoxy) is 3. The molecule has 0 bridgehead atoms. The third kappa shape index (κ3) is 4.42. The number of aromatic carboxylic acids is 1. The molecule has 0 aliphatic heterocycles. The molecule has 114 valence electrons. The Balaban J connectivity index is 3.23. The van der Waals surface area contributed by atoms with Crippen molar-refractivity contribution >= 4 is 23.7 Å². The second kappa shape index (κ2) is 8.21. The van der Waals surface area contributed by atoms with Crippen LogP contribution >= 0.6 is 11.8 Å². The highest BCUT2D eigenvalue weighted by atomic mass is 32.2. The predicted molar refractivity (Wildman–Crippen MR) is 78.4 cm³/mol. The van der Waals surface area contributed by atoms with Crippen molar-refractivity contribution in [3.05, 3.63) is 41.3 Å². The molecule has 1 aromatic rings. The summed E-state index contributed by atoms with van der Waals surface area (Å²) in [5, 5.41) is 9.36. The van der Waals surface area contributed by atoms with Crippen LogP contribution in [0.15, 0.2) is 30.2 Å². The van der Waals surface area contributed by atoms with Crippen molar-refractivity contribution in [2.24, 2.45) is 0 Å². The molecular weight excluding hydrogens is 296 g/mol. The molecule has 0 amide bonds. The molecule has 0 aliphatic carbocycles. The van der Waals surface area contributed by atoms with Gasteiger partial charge in [-0.3, -0.25) is 0 Å². The lowest BCUT2D eigenvalue weighted by Crippen LogP contribution is -2.14. The highest BCUT2D eigenvalue weighted by Crippen LogP contribution is 2.27. The van der Waals surface area contributed by atoms with Gasteiger partial charge in [-0.2, -0.15) is 11.8 Å². The van der Waals surface area contributed by atoms with Crippen LogP contribution in [0.2, 0.25) is 0 Å². The van der Waals surface area contributed by atoms with E-state index in [1.165, 1.54) is 32.0 Å². The van der Waals surface area contributed by atoms with Crippen molar-refractivity contribution in [2.75, 3.05) is 20.5 Å². The number of carboxylic acid groups (broad SMARTS) is 1. The number of carbonyl (C=O) groups is 2. The molecule has 0 fully saturated rings. The molecule has 0 saturated carbocycles. The van der Waals surface area contributed by atoms with Crippen LogP contribution in [0.3, 0.4) is 0 Å². The molecular formula is C14H16O6S. The maximum Gasteiger partial charge on any atom is 0.377 e. The fourth-order valence-corrected chi connectivity index (χ4v) is 2.17. The van der Waals surface area contributed by atoms with Crippen LogP contribution in [-0.2, 0) is 20.0 Å². The summed E-state index contributed by atoms with van der Waals surface area (Å²) >= 11 is 1.49. The molecule has 0 aromatic heterocycles. The molecule has 1 aromatic carbocycles. The molecule has 7 heteroatoms. The van der Waals surface area contributed by atoms with Gasteiger partial charge in [-0.1, -0.05) is 12.1 Å². The zero-order valence-corrected chi connectivity index (χ0v) is 12.7. The van der Waals surface area contributed by atoms with Crippen LogP contribution in [0.25, 0.3) is 0 Å². The number of rotatable bonds is 7. The predicted octanol–water partition coefficient (Wildman–Crippen LogP) is 2.29. The monoisotopic (exact) mass is 312 g/mol. The quantitative estimate of drug-likeness (QED) is 0.470. The normalized spacial score (nSPS) is 10.9. The number of thioether (sulfide) groups is 1. The molecule has 0 heterocycles. The molecule has 0 atom stereocenters. The van der Waals surface area contributed by atoms with E-state index in [1.807, 2.05) is 6.26 Å². The second-order valence-electron chi connectivity index (χ2n) is 3.84. The van der Waals surface area contributed by atoms with Crippen molar-refractivity contribution in [3.63, 3.8) is 0 Å². The van der Waals surface area contributed by atoms with Gasteiger partial charge in [-0.15, -0.1) is 0 Å². The summed E-state index contributed by atoms with van der Waals surface area (Å²) in [6, 6.07) is 4.83. The Morgan fingerprint density at radius 2 is 2.05 bits per heavy atom. The molecule has 21 heavy (non-hydrogen) atoms. The zero-order valence-electron chi connectivity index (χ0n) is 11.9. The maximum atomic E-state index is 11.6. The molecule has 6 nitrogen and oxygen atoms in total. The van der Waals surface area contributed by atoms with E-state index in [2.05, 4.69) is 4.74 Å². The molecule has 0 aliphatic rings. The van der Waals surface area contributed by atoms with Crippen molar-refractivity contribution in [3.8, 4) is 5.75 Å². The van der Waals surface area contributed by atoms with Gasteiger partial charge in [0, 0.05) is 5.75 Å². The molecule has 0 radical (unpaired) electrons. The largest absolute Gasteiger partial charge is 0.500 e. The van der Waals surface area contributed by atoms with Crippen LogP contribution in [0.1, 0.15) is 15.9 Å². The van der Waals surface area contributed by atoms with Gasteiger partial charge in [0.25, 0.3) is 0 Å². The Hall–Kier alpha value is -2.15. The van der Waals surface area contributed by atoms with Crippen molar-refractivity contribution < 1.29 is 28.9 Å². The fraction of sp³-hybridized carbons (Fsp3) is 0.286. The van der Waals surface area contributed by atoms with Gasteiger partial charge >= 0.3 is 11.9 Å². The second-order valence-corrected chi connectivity index (χ2v) is 4.71. The van der Waals surface area contributed by atoms with Crippen LogP contribution in [-0.4, -0.2) is 37.5 Å². The molecule has 0 saturated heterocycles. The van der Waals surface area contributed by atoms with E-state index in [9.17, 15) is 14.7 Å². The number of hydrogen-bond acceptors (Lipinski definition) is 6. The SMILES string of the molecule is COC=C(Oc1cccc(CSC)c1C(=O)O)C(=O)OC. The number of carboxylic acids is 1. The average molecular weight is 312 g/mol. The van der Waals surface area contributed by atoms with E-state index in [4.69, 9.17) is 9.47 Å². The third-order valence-corrected chi connectivity index (χ3v) is 3.06. The van der Waals surface area contributed by atoms with Crippen molar-refractivity contribution in [1.29, 1.82) is 0 Å². The van der Waals surface area contributed by atoms with Gasteiger partial charge in [0.1, 0.15) is 17.6 Å². The number of carbonyl (C=O) groups excluding carboxylic acids is 1. The van der Waals surface area contributed by atoms with Crippen molar-refractivity contribution in [1.82, 2.24) is 0 Å². The standard InChI is InChI=1S/C14H16O6S/c1-18-7-11(14(17)19-2)20-10-6-4-5-9(8-21-3)12(10)13(15)16/h4-7H,8H2,1-3H3,(H,15,16). The summed E-state index contributed by atoms with van der Waals surface area (Å²) in [5.74, 6) is -1.55. The third-order valence-electron chi connectivity index (χ3n) is 2.46. The summed E-state index contributed by atoms with van der Waals surface area (Å²) in [4.78, 5) is 23.0. The van der Waals surface area contributed by atoms with Gasteiger partial charge in [0.15, 0.2) is 0 Å². The number of benzene rings is 1. The van der Waals surface area contributed by atoms with Crippen LogP contribution in [0.5, 0.6) is 5.75 Å². The Labute approximate surface area is 126 Å². The van der Waals surface area contributed by atoms with E-state index in [0.29, 0.717) is 11.3 Å². The summed E-state index contributed by atoms with van der Waals surface area (Å²) in [6.07, 6.45) is 2.92. The van der Waals surface area contributed by atoms with Crippen LogP contribution in [0.4, 0.5) is 0 Å². The van der Waals surface area contributed by atoms with E-state index >= 15 is 0 Å². The molecule has 1 rings (SSSR count). The van der Waals surface area contributed by atoms with E-state index in [1.54, 1.807) is 12.1 Å². The Morgan fingerprint density at radius 1 is 1.33 bits per heavy atom. The first kappa shape index (κ1) is 16.9. The molecule has 1 N–H and O–H groups in total. The minimum absolute atomic E-state index is 0.0118. The first-order chi connectivity index (χ1) is 10.0. The van der Waals surface area contributed by atoms with Gasteiger partial charge < -0.3 is 19.3 Å². The first-order valence-corrected chi connectivity index (χ1v) is 7.27. The van der Waals surface area contributed by atoms with Crippen LogP contribution in [0, 0.1) is 0 Å². The van der Waals surface area contributed by atoms with Gasteiger partial charge in [-0.25, -0.2) is 9.59 Å². The highest BCUT2D eigenvalue weighted by Gasteiger charge is 2.20. The van der Waals surface area contributed by atoms with Crippen LogP contribution < -0.4 is 4.74 Å². The Morgan fingerprint density at radius 3 is 2.57 bits per heavy atom. The lowest BCUT2D eigenvalue weighted by Gasteiger charge is -2.13. The lowest BCUT2D eigenvalue weighted by atomic mass is 10.1. The van der Waals surface area contributed by atoms with E-state index < -0.39 is 11.9 Å². The van der Waals surface area contributed by atoms with Gasteiger partial charge in [0.2, 0.25) is 5.76 Å². The number of esters is 1. The first-order valence-electron chi connectivity index (χ1n) is 5.88. The van der Waals surface area contributed by atoms with E-state index in [-0.39, 0.29) is 17.1 Å². The summed E-state index contributed by atoms with van der Waals surface area (Å²) in [6.45, 7) is 0.